The molecule has 2 rings (SSSR count). The summed E-state index contributed by atoms with van der Waals surface area (Å²) in [6.45, 7) is 0.529. The van der Waals surface area contributed by atoms with Crippen LogP contribution in [0.5, 0.6) is 0 Å². The van der Waals surface area contributed by atoms with E-state index in [-0.39, 0.29) is 11.4 Å². The van der Waals surface area contributed by atoms with E-state index in [1.807, 2.05) is 0 Å². The van der Waals surface area contributed by atoms with E-state index in [9.17, 15) is 9.59 Å². The first-order chi connectivity index (χ1) is 7.70. The number of carboxylic acids is 1. The monoisotopic (exact) mass is 241 g/mol. The summed E-state index contributed by atoms with van der Waals surface area (Å²) in [6, 6.07) is -0.672. The number of anilines is 1. The van der Waals surface area contributed by atoms with Crippen LogP contribution in [0.3, 0.4) is 0 Å². The number of hydrogen-bond acceptors (Lipinski definition) is 5. The van der Waals surface area contributed by atoms with E-state index in [0.29, 0.717) is 12.3 Å². The standard InChI is InChI=1S/C9H11N3O3S/c13-8-7(10-1-2-11-8)12-3-4-16-5-6(12)9(14)15/h1-2,6H,3-5H2,(H,11,13)(H,14,15). The number of hydrogen-bond donors (Lipinski definition) is 2. The number of aliphatic carboxylic acids is 1. The highest BCUT2D eigenvalue weighted by molar-refractivity contribution is 7.99. The van der Waals surface area contributed by atoms with E-state index in [1.54, 1.807) is 16.7 Å². The highest BCUT2D eigenvalue weighted by atomic mass is 32.2. The summed E-state index contributed by atoms with van der Waals surface area (Å²) < 4.78 is 0. The zero-order chi connectivity index (χ0) is 11.5. The summed E-state index contributed by atoms with van der Waals surface area (Å²) in [4.78, 5) is 30.6. The Morgan fingerprint density at radius 2 is 2.50 bits per heavy atom. The van der Waals surface area contributed by atoms with E-state index >= 15 is 0 Å². The van der Waals surface area contributed by atoms with E-state index in [2.05, 4.69) is 9.97 Å². The molecule has 1 aromatic rings. The van der Waals surface area contributed by atoms with Crippen molar-refractivity contribution in [3.05, 3.63) is 22.7 Å². The van der Waals surface area contributed by atoms with Gasteiger partial charge in [0.25, 0.3) is 5.56 Å². The van der Waals surface area contributed by atoms with Crippen LogP contribution in [0.25, 0.3) is 0 Å². The SMILES string of the molecule is O=C(O)C1CSCCN1c1ncc[nH]c1=O. The first-order valence-electron chi connectivity index (χ1n) is 4.81. The number of thioether (sulfide) groups is 1. The number of carboxylic acid groups (broad SMARTS) is 1. The first-order valence-corrected chi connectivity index (χ1v) is 5.96. The van der Waals surface area contributed by atoms with Crippen LogP contribution < -0.4 is 10.5 Å². The minimum Gasteiger partial charge on any atom is -0.480 e. The van der Waals surface area contributed by atoms with Crippen LogP contribution in [0.15, 0.2) is 17.2 Å². The van der Waals surface area contributed by atoms with Crippen molar-refractivity contribution in [3.63, 3.8) is 0 Å². The van der Waals surface area contributed by atoms with Gasteiger partial charge in [-0.15, -0.1) is 0 Å². The van der Waals surface area contributed by atoms with Gasteiger partial charge in [-0.2, -0.15) is 11.8 Å². The van der Waals surface area contributed by atoms with Gasteiger partial charge < -0.3 is 15.0 Å². The molecule has 0 amide bonds. The summed E-state index contributed by atoms with van der Waals surface area (Å²) in [7, 11) is 0. The molecule has 1 atom stereocenters. The normalized spacial score (nSPS) is 20.8. The fourth-order valence-corrected chi connectivity index (χ4v) is 2.65. The maximum absolute atomic E-state index is 11.5. The van der Waals surface area contributed by atoms with Crippen molar-refractivity contribution in [2.75, 3.05) is 23.0 Å². The first kappa shape index (κ1) is 11.0. The van der Waals surface area contributed by atoms with Crippen molar-refractivity contribution in [2.45, 2.75) is 6.04 Å². The van der Waals surface area contributed by atoms with Crippen LogP contribution in [0.1, 0.15) is 0 Å². The fraction of sp³-hybridized carbons (Fsp3) is 0.444. The van der Waals surface area contributed by atoms with E-state index in [1.165, 1.54) is 12.4 Å². The summed E-state index contributed by atoms with van der Waals surface area (Å²) in [5.41, 5.74) is -0.347. The smallest absolute Gasteiger partial charge is 0.327 e. The van der Waals surface area contributed by atoms with Crippen LogP contribution in [-0.4, -0.2) is 45.1 Å². The second kappa shape index (κ2) is 4.56. The molecule has 1 aliphatic heterocycles. The molecule has 0 bridgehead atoms. The predicted molar refractivity (Wildman–Crippen MR) is 61.0 cm³/mol. The van der Waals surface area contributed by atoms with Crippen LogP contribution in [0.4, 0.5) is 5.82 Å². The van der Waals surface area contributed by atoms with Crippen molar-refractivity contribution in [3.8, 4) is 0 Å². The Morgan fingerprint density at radius 3 is 3.19 bits per heavy atom. The second-order valence-corrected chi connectivity index (χ2v) is 4.51. The van der Waals surface area contributed by atoms with Gasteiger partial charge in [0.1, 0.15) is 6.04 Å². The van der Waals surface area contributed by atoms with Crippen molar-refractivity contribution in [1.82, 2.24) is 9.97 Å². The number of H-pyrrole nitrogens is 1. The minimum absolute atomic E-state index is 0.190. The molecule has 0 aliphatic carbocycles. The number of aromatic amines is 1. The average molecular weight is 241 g/mol. The molecule has 6 nitrogen and oxygen atoms in total. The molecule has 7 heteroatoms. The lowest BCUT2D eigenvalue weighted by Crippen LogP contribution is -2.49. The van der Waals surface area contributed by atoms with Gasteiger partial charge in [0.2, 0.25) is 0 Å². The lowest BCUT2D eigenvalue weighted by molar-refractivity contribution is -0.138. The van der Waals surface area contributed by atoms with Crippen LogP contribution in [-0.2, 0) is 4.79 Å². The lowest BCUT2D eigenvalue weighted by atomic mass is 10.2. The Hall–Kier alpha value is -1.50. The van der Waals surface area contributed by atoms with Crippen LogP contribution in [0.2, 0.25) is 0 Å². The molecule has 2 N–H and O–H groups in total. The molecule has 0 aromatic carbocycles. The fourth-order valence-electron chi connectivity index (χ4n) is 1.61. The van der Waals surface area contributed by atoms with Crippen molar-refractivity contribution in [1.29, 1.82) is 0 Å². The molecule has 1 aromatic heterocycles. The topological polar surface area (TPSA) is 86.3 Å². The molecule has 1 unspecified atom stereocenters. The second-order valence-electron chi connectivity index (χ2n) is 3.36. The maximum atomic E-state index is 11.5. The quantitative estimate of drug-likeness (QED) is 0.744. The van der Waals surface area contributed by atoms with Gasteiger partial charge in [0.05, 0.1) is 0 Å². The molecular formula is C9H11N3O3S. The van der Waals surface area contributed by atoms with E-state index < -0.39 is 12.0 Å². The zero-order valence-electron chi connectivity index (χ0n) is 8.42. The van der Waals surface area contributed by atoms with Gasteiger partial charge in [-0.05, 0) is 0 Å². The van der Waals surface area contributed by atoms with Gasteiger partial charge >= 0.3 is 5.97 Å². The third-order valence-corrected chi connectivity index (χ3v) is 3.40. The Bertz CT molecular complexity index is 448. The number of nitrogens with one attached hydrogen (secondary N) is 1. The van der Waals surface area contributed by atoms with Crippen molar-refractivity contribution in [2.24, 2.45) is 0 Å². The van der Waals surface area contributed by atoms with Gasteiger partial charge in [0, 0.05) is 30.4 Å². The maximum Gasteiger partial charge on any atom is 0.327 e. The molecule has 0 radical (unpaired) electrons. The minimum atomic E-state index is -0.919. The van der Waals surface area contributed by atoms with Gasteiger partial charge in [-0.1, -0.05) is 0 Å². The summed E-state index contributed by atoms with van der Waals surface area (Å²) >= 11 is 1.57. The third-order valence-electron chi connectivity index (χ3n) is 2.37. The average Bonchev–Trinajstić information content (AvgIpc) is 2.29. The molecular weight excluding hydrogens is 230 g/mol. The third kappa shape index (κ3) is 2.04. The highest BCUT2D eigenvalue weighted by Gasteiger charge is 2.31. The number of nitrogens with zero attached hydrogens (tertiary/aromatic N) is 2. The van der Waals surface area contributed by atoms with Gasteiger partial charge in [0.15, 0.2) is 5.82 Å². The molecule has 16 heavy (non-hydrogen) atoms. The summed E-state index contributed by atoms with van der Waals surface area (Å²) in [5.74, 6) is 0.554. The Morgan fingerprint density at radius 1 is 1.69 bits per heavy atom. The Labute approximate surface area is 95.7 Å². The Balaban J connectivity index is 2.34. The van der Waals surface area contributed by atoms with E-state index in [4.69, 9.17) is 5.11 Å². The van der Waals surface area contributed by atoms with Crippen LogP contribution in [0, 0.1) is 0 Å². The lowest BCUT2D eigenvalue weighted by Gasteiger charge is -2.32. The number of carbonyl (C=O) groups is 1. The molecule has 1 aliphatic rings. The molecule has 0 saturated carbocycles. The Kier molecular flexibility index (Phi) is 3.14. The number of rotatable bonds is 2. The highest BCUT2D eigenvalue weighted by Crippen LogP contribution is 2.19. The molecule has 1 saturated heterocycles. The zero-order valence-corrected chi connectivity index (χ0v) is 9.24. The van der Waals surface area contributed by atoms with Gasteiger partial charge in [-0.3, -0.25) is 4.79 Å². The molecule has 2 heterocycles. The van der Waals surface area contributed by atoms with Crippen molar-refractivity contribution < 1.29 is 9.90 Å². The number of aromatic nitrogens is 2. The van der Waals surface area contributed by atoms with Gasteiger partial charge in [-0.25, -0.2) is 9.78 Å². The van der Waals surface area contributed by atoms with Crippen molar-refractivity contribution >= 4 is 23.5 Å². The van der Waals surface area contributed by atoms with Crippen LogP contribution >= 0.6 is 11.8 Å². The van der Waals surface area contributed by atoms with E-state index in [0.717, 1.165) is 5.75 Å². The molecule has 86 valence electrons. The summed E-state index contributed by atoms with van der Waals surface area (Å²) in [5, 5.41) is 9.07. The molecule has 1 fully saturated rings. The largest absolute Gasteiger partial charge is 0.480 e. The predicted octanol–water partition coefficient (Wildman–Crippen LogP) is -0.224. The summed E-state index contributed by atoms with van der Waals surface area (Å²) in [6.07, 6.45) is 2.89. The molecule has 0 spiro atoms.